The van der Waals surface area contributed by atoms with Gasteiger partial charge in [-0.1, -0.05) is 28.9 Å². The average Bonchev–Trinajstić information content (AvgIpc) is 3.29. The van der Waals surface area contributed by atoms with Crippen LogP contribution in [-0.2, 0) is 9.59 Å². The molecule has 4 rings (SSSR count). The third kappa shape index (κ3) is 3.80. The zero-order valence-corrected chi connectivity index (χ0v) is 17.6. The fourth-order valence-electron chi connectivity index (χ4n) is 3.56. The number of carbonyl (C=O) groups is 2. The summed E-state index contributed by atoms with van der Waals surface area (Å²) in [6.45, 7) is 4.05. The van der Waals surface area contributed by atoms with Crippen molar-refractivity contribution in [1.82, 2.24) is 5.16 Å². The number of aryl methyl sites for hydroxylation is 1. The number of ketones is 1. The van der Waals surface area contributed by atoms with Crippen molar-refractivity contribution in [1.29, 1.82) is 0 Å². The minimum atomic E-state index is -0.922. The molecule has 7 nitrogen and oxygen atoms in total. The minimum Gasteiger partial charge on any atom is -0.507 e. The maximum Gasteiger partial charge on any atom is 0.301 e. The summed E-state index contributed by atoms with van der Waals surface area (Å²) < 4.78 is 10.5. The van der Waals surface area contributed by atoms with E-state index in [1.54, 1.807) is 61.5 Å². The lowest BCUT2D eigenvalue weighted by atomic mass is 9.95. The molecule has 1 amide bonds. The Labute approximate surface area is 183 Å². The predicted molar refractivity (Wildman–Crippen MR) is 115 cm³/mol. The first kappa shape index (κ1) is 20.7. The first-order chi connectivity index (χ1) is 14.9. The van der Waals surface area contributed by atoms with Crippen LogP contribution in [0.25, 0.3) is 5.76 Å². The Morgan fingerprint density at radius 3 is 2.55 bits per heavy atom. The lowest BCUT2D eigenvalue weighted by Gasteiger charge is -2.23. The highest BCUT2D eigenvalue weighted by Crippen LogP contribution is 2.42. The molecule has 1 N–H and O–H groups in total. The topological polar surface area (TPSA) is 92.9 Å². The second-order valence-electron chi connectivity index (χ2n) is 6.98. The van der Waals surface area contributed by atoms with E-state index in [0.29, 0.717) is 34.3 Å². The van der Waals surface area contributed by atoms with Crippen molar-refractivity contribution in [2.24, 2.45) is 0 Å². The predicted octanol–water partition coefficient (Wildman–Crippen LogP) is 4.66. The molecule has 3 aromatic rings. The number of carbonyl (C=O) groups excluding carboxylic acids is 2. The zero-order chi connectivity index (χ0) is 22.1. The van der Waals surface area contributed by atoms with E-state index in [1.807, 2.05) is 6.92 Å². The Hall–Kier alpha value is -3.58. The first-order valence-electron chi connectivity index (χ1n) is 9.63. The normalized spacial score (nSPS) is 17.9. The molecule has 0 saturated carbocycles. The van der Waals surface area contributed by atoms with Gasteiger partial charge in [-0.2, -0.15) is 0 Å². The number of anilines is 1. The molecule has 158 valence electrons. The van der Waals surface area contributed by atoms with Gasteiger partial charge in [0.2, 0.25) is 0 Å². The monoisotopic (exact) mass is 438 g/mol. The van der Waals surface area contributed by atoms with Crippen molar-refractivity contribution in [3.05, 3.63) is 82.1 Å². The van der Waals surface area contributed by atoms with Crippen LogP contribution >= 0.6 is 11.6 Å². The van der Waals surface area contributed by atoms with Gasteiger partial charge in [-0.05, 0) is 55.8 Å². The molecule has 1 aliphatic rings. The molecule has 1 saturated heterocycles. The molecule has 2 heterocycles. The van der Waals surface area contributed by atoms with Crippen LogP contribution < -0.4 is 9.64 Å². The Morgan fingerprint density at radius 2 is 1.94 bits per heavy atom. The molecule has 0 bridgehead atoms. The van der Waals surface area contributed by atoms with E-state index in [0.717, 1.165) is 0 Å². The number of hydrogen-bond donors (Lipinski definition) is 1. The highest BCUT2D eigenvalue weighted by atomic mass is 35.5. The zero-order valence-electron chi connectivity index (χ0n) is 16.8. The van der Waals surface area contributed by atoms with Gasteiger partial charge < -0.3 is 14.4 Å². The smallest absolute Gasteiger partial charge is 0.301 e. The summed E-state index contributed by atoms with van der Waals surface area (Å²) in [5.41, 5.74) is 0.877. The number of ether oxygens (including phenoxy) is 1. The number of halogens is 1. The summed E-state index contributed by atoms with van der Waals surface area (Å²) in [7, 11) is 0. The molecule has 2 aromatic carbocycles. The van der Waals surface area contributed by atoms with Gasteiger partial charge in [-0.25, -0.2) is 0 Å². The van der Waals surface area contributed by atoms with Crippen LogP contribution in [-0.4, -0.2) is 28.6 Å². The fourth-order valence-corrected chi connectivity index (χ4v) is 3.76. The van der Waals surface area contributed by atoms with Gasteiger partial charge in [0.25, 0.3) is 5.78 Å². The summed E-state index contributed by atoms with van der Waals surface area (Å²) >= 11 is 6.17. The number of benzene rings is 2. The lowest BCUT2D eigenvalue weighted by molar-refractivity contribution is -0.132. The van der Waals surface area contributed by atoms with E-state index in [-0.39, 0.29) is 17.2 Å². The van der Waals surface area contributed by atoms with Crippen molar-refractivity contribution in [2.45, 2.75) is 19.9 Å². The molecule has 1 aliphatic heterocycles. The summed E-state index contributed by atoms with van der Waals surface area (Å²) in [6, 6.07) is 14.0. The molecule has 8 heteroatoms. The third-order valence-electron chi connectivity index (χ3n) is 4.91. The third-order valence-corrected chi connectivity index (χ3v) is 5.15. The van der Waals surface area contributed by atoms with Crippen LogP contribution in [0.2, 0.25) is 5.02 Å². The van der Waals surface area contributed by atoms with E-state index in [2.05, 4.69) is 5.16 Å². The van der Waals surface area contributed by atoms with Gasteiger partial charge in [-0.3, -0.25) is 14.5 Å². The molecule has 1 unspecified atom stereocenters. The SMILES string of the molecule is CCOc1ccc(C(O)=C2C(=O)C(=O)N(c3cc(C)on3)C2c2cccc(Cl)c2)cc1. The van der Waals surface area contributed by atoms with Gasteiger partial charge in [0.1, 0.15) is 17.3 Å². The number of nitrogens with zero attached hydrogens (tertiary/aromatic N) is 2. The van der Waals surface area contributed by atoms with Crippen LogP contribution in [0.1, 0.15) is 29.9 Å². The summed E-state index contributed by atoms with van der Waals surface area (Å²) in [5, 5.41) is 15.4. The van der Waals surface area contributed by atoms with Crippen LogP contribution in [0.5, 0.6) is 5.75 Å². The molecule has 0 spiro atoms. The van der Waals surface area contributed by atoms with E-state index in [1.165, 1.54) is 4.90 Å². The number of aliphatic hydroxyl groups is 1. The second kappa shape index (κ2) is 8.28. The second-order valence-corrected chi connectivity index (χ2v) is 7.41. The van der Waals surface area contributed by atoms with Gasteiger partial charge >= 0.3 is 5.91 Å². The standard InChI is InChI=1S/C23H19ClN2O5/c1-3-30-17-9-7-14(8-10-17)21(27)19-20(15-5-4-6-16(24)12-15)26(23(29)22(19)28)18-11-13(2)31-25-18/h4-12,20,27H,3H2,1-2H3. The van der Waals surface area contributed by atoms with Gasteiger partial charge in [0.05, 0.1) is 18.2 Å². The first-order valence-corrected chi connectivity index (χ1v) is 10.0. The number of aromatic nitrogens is 1. The number of amides is 1. The maximum atomic E-state index is 13.0. The van der Waals surface area contributed by atoms with E-state index in [9.17, 15) is 14.7 Å². The molecular weight excluding hydrogens is 420 g/mol. The summed E-state index contributed by atoms with van der Waals surface area (Å²) in [6.07, 6.45) is 0. The van der Waals surface area contributed by atoms with Crippen molar-refractivity contribution < 1.29 is 24.0 Å². The number of aliphatic hydroxyl groups excluding tert-OH is 1. The van der Waals surface area contributed by atoms with E-state index in [4.69, 9.17) is 20.9 Å². The molecular formula is C23H19ClN2O5. The van der Waals surface area contributed by atoms with Crippen LogP contribution in [0.4, 0.5) is 5.82 Å². The van der Waals surface area contributed by atoms with Gasteiger partial charge in [-0.15, -0.1) is 0 Å². The quantitative estimate of drug-likeness (QED) is 0.354. The van der Waals surface area contributed by atoms with E-state index >= 15 is 0 Å². The van der Waals surface area contributed by atoms with Crippen LogP contribution in [0, 0.1) is 6.92 Å². The Bertz CT molecular complexity index is 1180. The molecule has 1 atom stereocenters. The minimum absolute atomic E-state index is 0.0583. The molecule has 0 aliphatic carbocycles. The van der Waals surface area contributed by atoms with Crippen molar-refractivity contribution in [2.75, 3.05) is 11.5 Å². The Morgan fingerprint density at radius 1 is 1.19 bits per heavy atom. The highest BCUT2D eigenvalue weighted by Gasteiger charge is 2.48. The number of Topliss-reactive ketones (excluding diaryl/α,β-unsaturated/α-hetero) is 1. The average molecular weight is 439 g/mol. The summed E-state index contributed by atoms with van der Waals surface area (Å²) in [4.78, 5) is 27.2. The molecule has 0 radical (unpaired) electrons. The van der Waals surface area contributed by atoms with Gasteiger partial charge in [0, 0.05) is 16.7 Å². The van der Waals surface area contributed by atoms with Crippen LogP contribution in [0.15, 0.2) is 64.7 Å². The van der Waals surface area contributed by atoms with Gasteiger partial charge in [0.15, 0.2) is 5.82 Å². The number of rotatable bonds is 5. The highest BCUT2D eigenvalue weighted by molar-refractivity contribution is 6.51. The van der Waals surface area contributed by atoms with Crippen LogP contribution in [0.3, 0.4) is 0 Å². The lowest BCUT2D eigenvalue weighted by Crippen LogP contribution is -2.29. The Balaban J connectivity index is 1.89. The van der Waals surface area contributed by atoms with Crippen molar-refractivity contribution >= 4 is 34.9 Å². The Kier molecular flexibility index (Phi) is 5.52. The molecule has 1 fully saturated rings. The summed E-state index contributed by atoms with van der Waals surface area (Å²) in [5.74, 6) is -0.649. The van der Waals surface area contributed by atoms with E-state index < -0.39 is 17.7 Å². The molecule has 1 aromatic heterocycles. The van der Waals surface area contributed by atoms with Crippen molar-refractivity contribution in [3.63, 3.8) is 0 Å². The fraction of sp³-hybridized carbons (Fsp3) is 0.174. The largest absolute Gasteiger partial charge is 0.507 e. The maximum absolute atomic E-state index is 13.0. The van der Waals surface area contributed by atoms with Crippen molar-refractivity contribution in [3.8, 4) is 5.75 Å². The molecule has 31 heavy (non-hydrogen) atoms. The number of hydrogen-bond acceptors (Lipinski definition) is 6.